The number of benzene rings is 2. The van der Waals surface area contributed by atoms with Gasteiger partial charge in [0.1, 0.15) is 11.6 Å². The topological polar surface area (TPSA) is 20.2 Å². The van der Waals surface area contributed by atoms with Crippen molar-refractivity contribution in [1.82, 2.24) is 0 Å². The lowest BCUT2D eigenvalue weighted by atomic mass is 10.2. The molecule has 0 saturated heterocycles. The van der Waals surface area contributed by atoms with Gasteiger partial charge in [-0.3, -0.25) is 0 Å². The highest BCUT2D eigenvalue weighted by atomic mass is 32.1. The number of aromatic hydroxyl groups is 1. The molecule has 2 aromatic heterocycles. The van der Waals surface area contributed by atoms with Crippen molar-refractivity contribution in [1.29, 1.82) is 0 Å². The SMILES string of the molecule is Cc1csc2cc(F)ccc12.Cc1csc2cccc(O)c12. The van der Waals surface area contributed by atoms with E-state index in [1.54, 1.807) is 34.8 Å². The minimum Gasteiger partial charge on any atom is -0.507 e. The summed E-state index contributed by atoms with van der Waals surface area (Å²) < 4.78 is 14.8. The summed E-state index contributed by atoms with van der Waals surface area (Å²) in [6.45, 7) is 4.05. The van der Waals surface area contributed by atoms with Crippen LogP contribution in [-0.2, 0) is 0 Å². The van der Waals surface area contributed by atoms with E-state index in [1.165, 1.54) is 11.6 Å². The second-order valence-electron chi connectivity index (χ2n) is 5.13. The minimum absolute atomic E-state index is 0.153. The molecule has 0 atom stereocenters. The third-order valence-electron chi connectivity index (χ3n) is 3.49. The summed E-state index contributed by atoms with van der Waals surface area (Å²) in [7, 11) is 0. The third-order valence-corrected chi connectivity index (χ3v) is 5.62. The largest absolute Gasteiger partial charge is 0.507 e. The van der Waals surface area contributed by atoms with Crippen LogP contribution >= 0.6 is 22.7 Å². The maximum atomic E-state index is 12.7. The maximum absolute atomic E-state index is 12.7. The first-order chi connectivity index (χ1) is 10.6. The van der Waals surface area contributed by atoms with Crippen LogP contribution in [0.1, 0.15) is 11.1 Å². The van der Waals surface area contributed by atoms with Gasteiger partial charge in [0, 0.05) is 14.8 Å². The van der Waals surface area contributed by atoms with Gasteiger partial charge < -0.3 is 5.11 Å². The average molecular weight is 330 g/mol. The molecule has 1 N–H and O–H groups in total. The molecule has 1 nitrogen and oxygen atoms in total. The second-order valence-corrected chi connectivity index (χ2v) is 6.95. The van der Waals surface area contributed by atoms with Gasteiger partial charge in [0.15, 0.2) is 0 Å². The zero-order valence-corrected chi connectivity index (χ0v) is 13.9. The highest BCUT2D eigenvalue weighted by molar-refractivity contribution is 7.17. The summed E-state index contributed by atoms with van der Waals surface area (Å²) in [5, 5.41) is 15.7. The number of thiophene rings is 2. The Morgan fingerprint density at radius 1 is 0.909 bits per heavy atom. The molecule has 0 amide bonds. The Morgan fingerprint density at radius 2 is 1.64 bits per heavy atom. The normalized spacial score (nSPS) is 10.7. The zero-order chi connectivity index (χ0) is 15.7. The lowest BCUT2D eigenvalue weighted by molar-refractivity contribution is 0.481. The fourth-order valence-corrected chi connectivity index (χ4v) is 4.29. The molecule has 112 valence electrons. The van der Waals surface area contributed by atoms with Gasteiger partial charge in [0.05, 0.1) is 0 Å². The van der Waals surface area contributed by atoms with Gasteiger partial charge >= 0.3 is 0 Å². The van der Waals surface area contributed by atoms with E-state index in [1.807, 2.05) is 37.4 Å². The first-order valence-electron chi connectivity index (χ1n) is 6.85. The molecule has 2 aromatic carbocycles. The van der Waals surface area contributed by atoms with E-state index < -0.39 is 0 Å². The van der Waals surface area contributed by atoms with Crippen LogP contribution in [0.3, 0.4) is 0 Å². The van der Waals surface area contributed by atoms with Gasteiger partial charge in [-0.05, 0) is 65.4 Å². The Hall–Kier alpha value is -1.91. The van der Waals surface area contributed by atoms with Crippen LogP contribution in [-0.4, -0.2) is 5.11 Å². The molecule has 4 rings (SSSR count). The third kappa shape index (κ3) is 2.85. The number of aryl methyl sites for hydroxylation is 2. The molecule has 0 unspecified atom stereocenters. The molecule has 0 aliphatic rings. The van der Waals surface area contributed by atoms with Crippen molar-refractivity contribution in [3.63, 3.8) is 0 Å². The van der Waals surface area contributed by atoms with Crippen LogP contribution in [0.4, 0.5) is 4.39 Å². The summed E-state index contributed by atoms with van der Waals surface area (Å²) in [5.41, 5.74) is 2.38. The summed E-state index contributed by atoms with van der Waals surface area (Å²) in [5.74, 6) is 0.237. The predicted molar refractivity (Wildman–Crippen MR) is 94.7 cm³/mol. The van der Waals surface area contributed by atoms with E-state index in [0.717, 1.165) is 25.7 Å². The number of hydrogen-bond acceptors (Lipinski definition) is 3. The van der Waals surface area contributed by atoms with E-state index >= 15 is 0 Å². The lowest BCUT2D eigenvalue weighted by Crippen LogP contribution is -1.71. The Labute approximate surface area is 136 Å². The Balaban J connectivity index is 0.000000131. The fraction of sp³-hybridized carbons (Fsp3) is 0.111. The van der Waals surface area contributed by atoms with Crippen LogP contribution in [0.5, 0.6) is 5.75 Å². The second kappa shape index (κ2) is 6.07. The lowest BCUT2D eigenvalue weighted by Gasteiger charge is -1.94. The van der Waals surface area contributed by atoms with Gasteiger partial charge in [-0.15, -0.1) is 22.7 Å². The van der Waals surface area contributed by atoms with Gasteiger partial charge in [0.25, 0.3) is 0 Å². The summed E-state index contributed by atoms with van der Waals surface area (Å²) in [4.78, 5) is 0. The average Bonchev–Trinajstić information content (AvgIpc) is 3.05. The van der Waals surface area contributed by atoms with Gasteiger partial charge in [-0.2, -0.15) is 0 Å². The van der Waals surface area contributed by atoms with Crippen molar-refractivity contribution < 1.29 is 9.50 Å². The number of fused-ring (bicyclic) bond motifs is 2. The molecule has 0 saturated carbocycles. The number of phenols is 1. The van der Waals surface area contributed by atoms with Crippen molar-refractivity contribution >= 4 is 42.8 Å². The van der Waals surface area contributed by atoms with Crippen LogP contribution in [0.25, 0.3) is 20.2 Å². The molecule has 0 fully saturated rings. The molecule has 22 heavy (non-hydrogen) atoms. The summed E-state index contributed by atoms with van der Waals surface area (Å²) >= 11 is 3.26. The quantitative estimate of drug-likeness (QED) is 0.403. The highest BCUT2D eigenvalue weighted by Crippen LogP contribution is 2.32. The van der Waals surface area contributed by atoms with E-state index in [-0.39, 0.29) is 5.82 Å². The van der Waals surface area contributed by atoms with Crippen molar-refractivity contribution in [3.8, 4) is 5.75 Å². The molecule has 0 aliphatic heterocycles. The first kappa shape index (κ1) is 15.0. The van der Waals surface area contributed by atoms with E-state index in [0.29, 0.717) is 5.75 Å². The molecule has 4 heteroatoms. The predicted octanol–water partition coefficient (Wildman–Crippen LogP) is 6.26. The molecule has 0 spiro atoms. The van der Waals surface area contributed by atoms with Crippen molar-refractivity contribution in [2.45, 2.75) is 13.8 Å². The Bertz CT molecular complexity index is 936. The summed E-state index contributed by atoms with van der Waals surface area (Å²) in [6, 6.07) is 10.5. The van der Waals surface area contributed by atoms with E-state index in [2.05, 4.69) is 5.38 Å². The minimum atomic E-state index is -0.153. The standard InChI is InChI=1S/C9H7FS.C9H8OS/c1-6-5-11-9-4-7(10)2-3-8(6)9;1-6-5-11-8-4-2-3-7(10)9(6)8/h2-5H,1H3;2-5,10H,1H3. The molecular weight excluding hydrogens is 315 g/mol. The first-order valence-corrected chi connectivity index (χ1v) is 8.61. The smallest absolute Gasteiger partial charge is 0.124 e. The van der Waals surface area contributed by atoms with Gasteiger partial charge in [-0.1, -0.05) is 12.1 Å². The van der Waals surface area contributed by atoms with Crippen LogP contribution in [0.2, 0.25) is 0 Å². The molecule has 0 radical (unpaired) electrons. The zero-order valence-electron chi connectivity index (χ0n) is 12.3. The fourth-order valence-electron chi connectivity index (χ4n) is 2.36. The van der Waals surface area contributed by atoms with Crippen LogP contribution in [0.15, 0.2) is 47.2 Å². The molecule has 0 aliphatic carbocycles. The van der Waals surface area contributed by atoms with Gasteiger partial charge in [0.2, 0.25) is 0 Å². The van der Waals surface area contributed by atoms with Crippen molar-refractivity contribution in [2.75, 3.05) is 0 Å². The maximum Gasteiger partial charge on any atom is 0.124 e. The van der Waals surface area contributed by atoms with Crippen LogP contribution < -0.4 is 0 Å². The molecule has 4 aromatic rings. The Kier molecular flexibility index (Phi) is 4.14. The van der Waals surface area contributed by atoms with Crippen molar-refractivity contribution in [3.05, 3.63) is 64.1 Å². The number of rotatable bonds is 0. The van der Waals surface area contributed by atoms with Crippen molar-refractivity contribution in [2.24, 2.45) is 0 Å². The van der Waals surface area contributed by atoms with E-state index in [4.69, 9.17) is 0 Å². The number of phenolic OH excluding ortho intramolecular Hbond substituents is 1. The molecule has 0 bridgehead atoms. The van der Waals surface area contributed by atoms with Crippen LogP contribution in [0, 0.1) is 19.7 Å². The monoisotopic (exact) mass is 330 g/mol. The molecule has 2 heterocycles. The number of halogens is 1. The summed E-state index contributed by atoms with van der Waals surface area (Å²) in [6.07, 6.45) is 0. The molecular formula is C18H15FOS2. The number of hydrogen-bond donors (Lipinski definition) is 1. The highest BCUT2D eigenvalue weighted by Gasteiger charge is 2.02. The van der Waals surface area contributed by atoms with E-state index in [9.17, 15) is 9.50 Å². The van der Waals surface area contributed by atoms with Gasteiger partial charge in [-0.25, -0.2) is 4.39 Å². The Morgan fingerprint density at radius 3 is 2.41 bits per heavy atom.